The molecule has 27 heavy (non-hydrogen) atoms. The second-order valence-electron chi connectivity index (χ2n) is 6.75. The van der Waals surface area contributed by atoms with Crippen LogP contribution in [0.1, 0.15) is 25.8 Å². The summed E-state index contributed by atoms with van der Waals surface area (Å²) < 4.78 is 0. The zero-order valence-electron chi connectivity index (χ0n) is 15.9. The van der Waals surface area contributed by atoms with E-state index in [2.05, 4.69) is 15.3 Å². The Kier molecular flexibility index (Phi) is 5.94. The summed E-state index contributed by atoms with van der Waals surface area (Å²) in [6.45, 7) is 3.97. The van der Waals surface area contributed by atoms with Gasteiger partial charge in [-0.15, -0.1) is 0 Å². The molecule has 1 heterocycles. The Hall–Kier alpha value is -3.23. The first-order chi connectivity index (χ1) is 12.6. The van der Waals surface area contributed by atoms with E-state index >= 15 is 0 Å². The molecule has 0 saturated heterocycles. The maximum absolute atomic E-state index is 12.5. The predicted octanol–water partition coefficient (Wildman–Crippen LogP) is 0.699. The van der Waals surface area contributed by atoms with Crippen LogP contribution in [-0.2, 0) is 9.59 Å². The summed E-state index contributed by atoms with van der Waals surface area (Å²) in [6.07, 6.45) is 5.12. The normalized spacial score (nSPS) is 19.0. The first kappa shape index (κ1) is 20.1. The quantitative estimate of drug-likeness (QED) is 0.559. The van der Waals surface area contributed by atoms with Crippen molar-refractivity contribution in [2.24, 2.45) is 11.8 Å². The molecule has 1 aromatic rings. The van der Waals surface area contributed by atoms with Gasteiger partial charge in [0.15, 0.2) is 0 Å². The first-order valence-electron chi connectivity index (χ1n) is 8.50. The number of nitrogen functional groups attached to an aromatic ring is 2. The Morgan fingerprint density at radius 3 is 2.30 bits per heavy atom. The van der Waals surface area contributed by atoms with Gasteiger partial charge in [-0.3, -0.25) is 15.0 Å². The second-order valence-corrected chi connectivity index (χ2v) is 6.75. The van der Waals surface area contributed by atoms with E-state index in [1.807, 2.05) is 19.9 Å². The molecule has 144 valence electrons. The van der Waals surface area contributed by atoms with Gasteiger partial charge in [-0.25, -0.2) is 9.97 Å². The highest BCUT2D eigenvalue weighted by atomic mass is 16.2. The molecule has 0 radical (unpaired) electrons. The molecule has 2 unspecified atom stereocenters. The van der Waals surface area contributed by atoms with Crippen molar-refractivity contribution >= 4 is 29.2 Å². The van der Waals surface area contributed by atoms with Gasteiger partial charge in [0.25, 0.3) is 5.91 Å². The molecule has 2 rings (SSSR count). The van der Waals surface area contributed by atoms with Crippen LogP contribution in [0.25, 0.3) is 0 Å². The number of carbonyl (C=O) groups excluding carboxylic acids is 2. The van der Waals surface area contributed by atoms with Crippen molar-refractivity contribution in [1.29, 1.82) is 5.41 Å². The van der Waals surface area contributed by atoms with Crippen LogP contribution in [0, 0.1) is 17.2 Å². The van der Waals surface area contributed by atoms with E-state index in [9.17, 15) is 9.59 Å². The molecule has 0 aromatic carbocycles. The summed E-state index contributed by atoms with van der Waals surface area (Å²) in [6, 6.07) is 0. The van der Waals surface area contributed by atoms with Crippen molar-refractivity contribution in [1.82, 2.24) is 20.2 Å². The van der Waals surface area contributed by atoms with E-state index in [1.54, 1.807) is 25.1 Å². The van der Waals surface area contributed by atoms with Gasteiger partial charge in [-0.05, 0) is 12.0 Å². The lowest BCUT2D eigenvalue weighted by Crippen LogP contribution is -2.36. The molecule has 2 atom stereocenters. The number of anilines is 2. The summed E-state index contributed by atoms with van der Waals surface area (Å²) >= 11 is 0. The van der Waals surface area contributed by atoms with Crippen LogP contribution < -0.4 is 16.8 Å². The summed E-state index contributed by atoms with van der Waals surface area (Å²) in [7, 11) is 3.44. The Labute approximate surface area is 158 Å². The fourth-order valence-corrected chi connectivity index (χ4v) is 2.78. The van der Waals surface area contributed by atoms with Crippen LogP contribution in [0.5, 0.6) is 0 Å². The number of carbonyl (C=O) groups is 2. The molecule has 1 aliphatic carbocycles. The second kappa shape index (κ2) is 7.98. The maximum atomic E-state index is 12.5. The lowest BCUT2D eigenvalue weighted by Gasteiger charge is -2.29. The fourth-order valence-electron chi connectivity index (χ4n) is 2.78. The van der Waals surface area contributed by atoms with E-state index in [4.69, 9.17) is 16.9 Å². The Morgan fingerprint density at radius 2 is 1.74 bits per heavy atom. The lowest BCUT2D eigenvalue weighted by atomic mass is 9.81. The summed E-state index contributed by atoms with van der Waals surface area (Å²) in [5.41, 5.74) is 12.7. The molecule has 0 fully saturated rings. The molecule has 2 amide bonds. The summed E-state index contributed by atoms with van der Waals surface area (Å²) in [5.74, 6) is -0.623. The molecule has 1 aliphatic rings. The average Bonchev–Trinajstić information content (AvgIpc) is 2.60. The fraction of sp³-hybridized carbons (Fsp3) is 0.389. The highest BCUT2D eigenvalue weighted by Crippen LogP contribution is 2.31. The molecule has 0 aliphatic heterocycles. The molecule has 0 spiro atoms. The Bertz CT molecular complexity index is 822. The average molecular weight is 371 g/mol. The van der Waals surface area contributed by atoms with Crippen molar-refractivity contribution in [2.45, 2.75) is 20.3 Å². The molecule has 0 saturated carbocycles. The molecule has 6 N–H and O–H groups in total. The third kappa shape index (κ3) is 4.30. The molecule has 9 nitrogen and oxygen atoms in total. The van der Waals surface area contributed by atoms with E-state index in [-0.39, 0.29) is 34.9 Å². The third-order valence-corrected chi connectivity index (χ3v) is 4.80. The van der Waals surface area contributed by atoms with Gasteiger partial charge in [0.1, 0.15) is 23.7 Å². The number of allylic oxidation sites excluding steroid dienone is 3. The molecular formula is C18H25N7O2. The summed E-state index contributed by atoms with van der Waals surface area (Å²) in [4.78, 5) is 33.6. The molecule has 9 heteroatoms. The van der Waals surface area contributed by atoms with Crippen molar-refractivity contribution < 1.29 is 9.59 Å². The van der Waals surface area contributed by atoms with Gasteiger partial charge in [0, 0.05) is 32.1 Å². The predicted molar refractivity (Wildman–Crippen MR) is 104 cm³/mol. The number of hydrogen-bond acceptors (Lipinski definition) is 7. The van der Waals surface area contributed by atoms with Crippen LogP contribution in [0.15, 0.2) is 29.7 Å². The SMILES string of the molecule is CC1C(CC(=O)N(C)C)=CC=C(NC(=O)C(=N)c2c(N)ncnc2N)C1C. The van der Waals surface area contributed by atoms with Gasteiger partial charge in [-0.2, -0.15) is 0 Å². The van der Waals surface area contributed by atoms with Crippen LogP contribution >= 0.6 is 0 Å². The Morgan fingerprint density at radius 1 is 1.15 bits per heavy atom. The van der Waals surface area contributed by atoms with Crippen LogP contribution in [-0.4, -0.2) is 46.5 Å². The number of rotatable bonds is 5. The highest BCUT2D eigenvalue weighted by molar-refractivity contribution is 6.46. The first-order valence-corrected chi connectivity index (χ1v) is 8.50. The number of hydrogen-bond donors (Lipinski definition) is 4. The lowest BCUT2D eigenvalue weighted by molar-refractivity contribution is -0.128. The van der Waals surface area contributed by atoms with Gasteiger partial charge in [-0.1, -0.05) is 25.5 Å². The van der Waals surface area contributed by atoms with Gasteiger partial charge in [0.2, 0.25) is 5.91 Å². The van der Waals surface area contributed by atoms with Crippen molar-refractivity contribution in [3.05, 3.63) is 35.3 Å². The minimum absolute atomic E-state index is 0.0138. The molecule has 1 aromatic heterocycles. The largest absolute Gasteiger partial charge is 0.383 e. The number of amides is 2. The topological polar surface area (TPSA) is 151 Å². The molecule has 0 bridgehead atoms. The van der Waals surface area contributed by atoms with Crippen LogP contribution in [0.4, 0.5) is 11.6 Å². The van der Waals surface area contributed by atoms with Gasteiger partial charge >= 0.3 is 0 Å². The van der Waals surface area contributed by atoms with E-state index < -0.39 is 11.6 Å². The number of nitrogens with two attached hydrogens (primary N) is 2. The molecular weight excluding hydrogens is 346 g/mol. The number of aromatic nitrogens is 2. The monoisotopic (exact) mass is 371 g/mol. The third-order valence-electron chi connectivity index (χ3n) is 4.80. The highest BCUT2D eigenvalue weighted by Gasteiger charge is 2.28. The van der Waals surface area contributed by atoms with Gasteiger partial charge in [0.05, 0.1) is 5.56 Å². The zero-order chi connectivity index (χ0) is 20.3. The smallest absolute Gasteiger partial charge is 0.274 e. The maximum Gasteiger partial charge on any atom is 0.274 e. The van der Waals surface area contributed by atoms with Crippen LogP contribution in [0.2, 0.25) is 0 Å². The van der Waals surface area contributed by atoms with Crippen LogP contribution in [0.3, 0.4) is 0 Å². The minimum Gasteiger partial charge on any atom is -0.383 e. The number of nitrogens with one attached hydrogen (secondary N) is 2. The van der Waals surface area contributed by atoms with E-state index in [1.165, 1.54) is 6.33 Å². The van der Waals surface area contributed by atoms with Gasteiger partial charge < -0.3 is 21.7 Å². The van der Waals surface area contributed by atoms with Crippen molar-refractivity contribution in [3.8, 4) is 0 Å². The standard InChI is InChI=1S/C18H25N7O2/c1-9-10(2)12(6-5-11(9)7-13(26)25(3)4)24-18(27)15(19)14-16(20)22-8-23-17(14)21/h5-6,8-10,19H,7H2,1-4H3,(H,24,27)(H4,20,21,22,23). The minimum atomic E-state index is -0.644. The Balaban J connectivity index is 2.18. The zero-order valence-corrected chi connectivity index (χ0v) is 15.9. The number of nitrogens with zero attached hydrogens (tertiary/aromatic N) is 3. The summed E-state index contributed by atoms with van der Waals surface area (Å²) in [5, 5.41) is 10.8. The van der Waals surface area contributed by atoms with Crippen molar-refractivity contribution in [2.75, 3.05) is 25.6 Å². The van der Waals surface area contributed by atoms with Crippen molar-refractivity contribution in [3.63, 3.8) is 0 Å². The van der Waals surface area contributed by atoms with E-state index in [0.717, 1.165) is 5.57 Å². The van der Waals surface area contributed by atoms with E-state index in [0.29, 0.717) is 12.1 Å².